The summed E-state index contributed by atoms with van der Waals surface area (Å²) in [4.78, 5) is 33.1. The standard InChI is InChI=1S/C30H26ClN3O2S/c1-19-5-2-3-6-24(19)27(35)34-16-13-21-17-20(7-12-26(21)34)25-18-37-29(32-25)33-28(36)30(14-4-15-30)22-8-10-23(31)11-9-22/h2-3,5-12,17-18H,4,13-16H2,1H3,(H,32,33,36). The molecule has 1 saturated carbocycles. The molecule has 6 rings (SSSR count). The number of amides is 2. The molecule has 1 aliphatic heterocycles. The van der Waals surface area contributed by atoms with Gasteiger partial charge in [-0.25, -0.2) is 4.98 Å². The monoisotopic (exact) mass is 527 g/mol. The zero-order valence-corrected chi connectivity index (χ0v) is 22.0. The Labute approximate surface area is 225 Å². The average molecular weight is 528 g/mol. The van der Waals surface area contributed by atoms with E-state index < -0.39 is 5.41 Å². The van der Waals surface area contributed by atoms with Crippen LogP contribution in [0.15, 0.2) is 72.1 Å². The molecule has 0 unspecified atom stereocenters. The quantitative estimate of drug-likeness (QED) is 0.303. The zero-order chi connectivity index (χ0) is 25.6. The van der Waals surface area contributed by atoms with Crippen LogP contribution in [0.2, 0.25) is 5.02 Å². The molecule has 186 valence electrons. The molecule has 2 amide bonds. The lowest BCUT2D eigenvalue weighted by Gasteiger charge is -2.40. The Morgan fingerprint density at radius 2 is 1.84 bits per heavy atom. The first kappa shape index (κ1) is 23.9. The first-order valence-electron chi connectivity index (χ1n) is 12.5. The Balaban J connectivity index is 1.20. The number of nitrogens with one attached hydrogen (secondary N) is 1. The molecule has 3 aromatic carbocycles. The van der Waals surface area contributed by atoms with Gasteiger partial charge in [-0.3, -0.25) is 9.59 Å². The number of carbonyl (C=O) groups excluding carboxylic acids is 2. The first-order chi connectivity index (χ1) is 17.9. The molecule has 0 radical (unpaired) electrons. The van der Waals surface area contributed by atoms with Crippen molar-refractivity contribution in [2.45, 2.75) is 38.0 Å². The number of thiazole rings is 1. The molecular weight excluding hydrogens is 502 g/mol. The van der Waals surface area contributed by atoms with Gasteiger partial charge in [0.1, 0.15) is 0 Å². The van der Waals surface area contributed by atoms with Gasteiger partial charge in [-0.05, 0) is 73.2 Å². The summed E-state index contributed by atoms with van der Waals surface area (Å²) in [5.74, 6) is 0.0233. The smallest absolute Gasteiger partial charge is 0.258 e. The van der Waals surface area contributed by atoms with Crippen LogP contribution in [0.3, 0.4) is 0 Å². The van der Waals surface area contributed by atoms with Crippen LogP contribution in [0.1, 0.15) is 46.3 Å². The maximum absolute atomic E-state index is 13.3. The molecule has 1 aliphatic carbocycles. The van der Waals surface area contributed by atoms with E-state index in [1.807, 2.05) is 77.9 Å². The lowest BCUT2D eigenvalue weighted by atomic mass is 9.64. The van der Waals surface area contributed by atoms with Gasteiger partial charge in [-0.15, -0.1) is 11.3 Å². The second-order valence-electron chi connectivity index (χ2n) is 9.80. The van der Waals surface area contributed by atoms with Crippen LogP contribution in [0.5, 0.6) is 0 Å². The highest BCUT2D eigenvalue weighted by Crippen LogP contribution is 2.45. The van der Waals surface area contributed by atoms with E-state index in [0.29, 0.717) is 16.7 Å². The molecule has 1 aromatic heterocycles. The lowest BCUT2D eigenvalue weighted by Crippen LogP contribution is -2.45. The minimum absolute atomic E-state index is 0.0127. The van der Waals surface area contributed by atoms with Crippen LogP contribution in [-0.2, 0) is 16.6 Å². The summed E-state index contributed by atoms with van der Waals surface area (Å²) in [6.45, 7) is 2.63. The molecule has 1 fully saturated rings. The number of aryl methyl sites for hydroxylation is 1. The van der Waals surface area contributed by atoms with E-state index in [-0.39, 0.29) is 11.8 Å². The third-order valence-electron chi connectivity index (χ3n) is 7.65. The van der Waals surface area contributed by atoms with E-state index in [9.17, 15) is 9.59 Å². The van der Waals surface area contributed by atoms with Crippen molar-refractivity contribution in [1.82, 2.24) is 4.98 Å². The van der Waals surface area contributed by atoms with Gasteiger partial charge in [0, 0.05) is 33.8 Å². The molecule has 2 aliphatic rings. The van der Waals surface area contributed by atoms with Gasteiger partial charge in [-0.2, -0.15) is 0 Å². The minimum atomic E-state index is -0.517. The van der Waals surface area contributed by atoms with E-state index >= 15 is 0 Å². The highest BCUT2D eigenvalue weighted by molar-refractivity contribution is 7.14. The Bertz CT molecular complexity index is 1510. The van der Waals surface area contributed by atoms with E-state index in [2.05, 4.69) is 11.4 Å². The third kappa shape index (κ3) is 4.24. The lowest BCUT2D eigenvalue weighted by molar-refractivity contribution is -0.124. The molecule has 0 bridgehead atoms. The SMILES string of the molecule is Cc1ccccc1C(=O)N1CCc2cc(-c3csc(NC(=O)C4(c5ccc(Cl)cc5)CCC4)n3)ccc21. The Morgan fingerprint density at radius 3 is 2.57 bits per heavy atom. The number of anilines is 2. The maximum atomic E-state index is 13.3. The van der Waals surface area contributed by atoms with Crippen LogP contribution >= 0.6 is 22.9 Å². The van der Waals surface area contributed by atoms with Gasteiger partial charge in [0.05, 0.1) is 11.1 Å². The fourth-order valence-electron chi connectivity index (χ4n) is 5.36. The van der Waals surface area contributed by atoms with E-state index in [1.165, 1.54) is 11.3 Å². The van der Waals surface area contributed by atoms with Crippen LogP contribution < -0.4 is 10.2 Å². The van der Waals surface area contributed by atoms with Gasteiger partial charge in [-0.1, -0.05) is 54.4 Å². The van der Waals surface area contributed by atoms with Crippen molar-refractivity contribution < 1.29 is 9.59 Å². The van der Waals surface area contributed by atoms with E-state index in [1.54, 1.807) is 0 Å². The largest absolute Gasteiger partial charge is 0.308 e. The second kappa shape index (κ2) is 9.43. The predicted molar refractivity (Wildman–Crippen MR) is 150 cm³/mol. The van der Waals surface area contributed by atoms with Crippen LogP contribution in [0, 0.1) is 6.92 Å². The van der Waals surface area contributed by atoms with Crippen LogP contribution in [-0.4, -0.2) is 23.3 Å². The van der Waals surface area contributed by atoms with E-state index in [0.717, 1.165) is 64.9 Å². The van der Waals surface area contributed by atoms with Crippen molar-refractivity contribution in [2.75, 3.05) is 16.8 Å². The van der Waals surface area contributed by atoms with Crippen molar-refractivity contribution >= 4 is 45.6 Å². The number of aromatic nitrogens is 1. The number of hydrogen-bond acceptors (Lipinski definition) is 4. The van der Waals surface area contributed by atoms with Gasteiger partial charge in [0.25, 0.3) is 5.91 Å². The molecule has 2 heterocycles. The Morgan fingerprint density at radius 1 is 1.05 bits per heavy atom. The Hall–Kier alpha value is -3.48. The van der Waals surface area contributed by atoms with Crippen molar-refractivity contribution in [3.63, 3.8) is 0 Å². The first-order valence-corrected chi connectivity index (χ1v) is 13.7. The zero-order valence-electron chi connectivity index (χ0n) is 20.5. The number of halogens is 1. The highest BCUT2D eigenvalue weighted by atomic mass is 35.5. The summed E-state index contributed by atoms with van der Waals surface area (Å²) in [5.41, 5.74) is 6.09. The minimum Gasteiger partial charge on any atom is -0.308 e. The summed E-state index contributed by atoms with van der Waals surface area (Å²) in [6.07, 6.45) is 3.47. The van der Waals surface area contributed by atoms with Gasteiger partial charge >= 0.3 is 0 Å². The Kier molecular flexibility index (Phi) is 6.09. The van der Waals surface area contributed by atoms with Crippen molar-refractivity contribution in [2.24, 2.45) is 0 Å². The molecule has 0 atom stereocenters. The number of rotatable bonds is 5. The molecule has 1 N–H and O–H groups in total. The van der Waals surface area contributed by atoms with E-state index in [4.69, 9.17) is 16.6 Å². The topological polar surface area (TPSA) is 62.3 Å². The summed E-state index contributed by atoms with van der Waals surface area (Å²) in [5, 5.41) is 6.30. The molecule has 37 heavy (non-hydrogen) atoms. The molecular formula is C30H26ClN3O2S. The van der Waals surface area contributed by atoms with Crippen LogP contribution in [0.4, 0.5) is 10.8 Å². The van der Waals surface area contributed by atoms with Crippen LogP contribution in [0.25, 0.3) is 11.3 Å². The van der Waals surface area contributed by atoms with Crippen molar-refractivity contribution in [3.8, 4) is 11.3 Å². The number of fused-ring (bicyclic) bond motifs is 1. The predicted octanol–water partition coefficient (Wildman–Crippen LogP) is 7.04. The van der Waals surface area contributed by atoms with Gasteiger partial charge in [0.15, 0.2) is 5.13 Å². The summed E-state index contributed by atoms with van der Waals surface area (Å²) in [7, 11) is 0. The van der Waals surface area contributed by atoms with Crippen molar-refractivity contribution in [3.05, 3.63) is 99.4 Å². The number of nitrogens with zero attached hydrogens (tertiary/aromatic N) is 2. The number of carbonyl (C=O) groups is 2. The fraction of sp³-hybridized carbons (Fsp3) is 0.233. The van der Waals surface area contributed by atoms with Crippen molar-refractivity contribution in [1.29, 1.82) is 0 Å². The highest BCUT2D eigenvalue weighted by Gasteiger charge is 2.45. The molecule has 4 aromatic rings. The molecule has 0 spiro atoms. The summed E-state index contributed by atoms with van der Waals surface area (Å²) >= 11 is 7.49. The second-order valence-corrected chi connectivity index (χ2v) is 11.1. The number of hydrogen-bond donors (Lipinski definition) is 1. The summed E-state index contributed by atoms with van der Waals surface area (Å²) in [6, 6.07) is 21.4. The molecule has 5 nitrogen and oxygen atoms in total. The fourth-order valence-corrected chi connectivity index (χ4v) is 6.20. The normalized spacial score (nSPS) is 15.7. The third-order valence-corrected chi connectivity index (χ3v) is 8.66. The average Bonchev–Trinajstić information content (AvgIpc) is 3.51. The molecule has 7 heteroatoms. The maximum Gasteiger partial charge on any atom is 0.258 e. The molecule has 0 saturated heterocycles. The number of benzene rings is 3. The summed E-state index contributed by atoms with van der Waals surface area (Å²) < 4.78 is 0. The van der Waals surface area contributed by atoms with Gasteiger partial charge in [0.2, 0.25) is 5.91 Å². The van der Waals surface area contributed by atoms with Gasteiger partial charge < -0.3 is 10.2 Å².